The lowest BCUT2D eigenvalue weighted by Gasteiger charge is -2.36. The lowest BCUT2D eigenvalue weighted by molar-refractivity contribution is 0.0746. The first-order chi connectivity index (χ1) is 16.5. The number of carbonyl (C=O) groups excluding carboxylic acids is 2. The van der Waals surface area contributed by atoms with Gasteiger partial charge in [0.05, 0.1) is 12.7 Å². The maximum atomic E-state index is 12.8. The summed E-state index contributed by atoms with van der Waals surface area (Å²) in [7, 11) is 1.57. The number of aryl methyl sites for hydroxylation is 2. The smallest absolute Gasteiger partial charge is 0.259 e. The molecule has 0 aliphatic carbocycles. The van der Waals surface area contributed by atoms with Crippen molar-refractivity contribution in [2.75, 3.05) is 43.5 Å². The number of anilines is 2. The number of para-hydroxylation sites is 1. The van der Waals surface area contributed by atoms with E-state index in [1.165, 1.54) is 5.56 Å². The minimum absolute atomic E-state index is 0.0898. The summed E-state index contributed by atoms with van der Waals surface area (Å²) < 4.78 is 5.40. The summed E-state index contributed by atoms with van der Waals surface area (Å²) in [5, 5.41) is 2.95. The van der Waals surface area contributed by atoms with E-state index in [4.69, 9.17) is 4.74 Å². The van der Waals surface area contributed by atoms with Gasteiger partial charge in [0.25, 0.3) is 11.8 Å². The van der Waals surface area contributed by atoms with Crippen molar-refractivity contribution in [1.29, 1.82) is 0 Å². The molecule has 3 aromatic carbocycles. The van der Waals surface area contributed by atoms with E-state index in [2.05, 4.69) is 17.1 Å². The standard InChI is InChI=1S/C28H31N3O3/c1-4-21-8-10-22(11-9-21)28(33)31-18-16-30(17-19-31)24-14-12-23(13-15-24)29-27(32)25-7-5-6-20(2)26(25)34-3/h5-15H,4,16-19H2,1-3H3,(H,29,32). The molecule has 0 radical (unpaired) electrons. The van der Waals surface area contributed by atoms with Crippen LogP contribution in [0.3, 0.4) is 0 Å². The van der Waals surface area contributed by atoms with Gasteiger partial charge in [-0.2, -0.15) is 0 Å². The summed E-state index contributed by atoms with van der Waals surface area (Å²) in [6.45, 7) is 6.92. The van der Waals surface area contributed by atoms with Gasteiger partial charge in [0.2, 0.25) is 0 Å². The maximum absolute atomic E-state index is 12.8. The van der Waals surface area contributed by atoms with Crippen LogP contribution in [-0.4, -0.2) is 50.0 Å². The van der Waals surface area contributed by atoms with Crippen LogP contribution in [-0.2, 0) is 6.42 Å². The van der Waals surface area contributed by atoms with Gasteiger partial charge >= 0.3 is 0 Å². The predicted molar refractivity (Wildman–Crippen MR) is 136 cm³/mol. The molecule has 1 aliphatic rings. The highest BCUT2D eigenvalue weighted by molar-refractivity contribution is 6.06. The first kappa shape index (κ1) is 23.4. The Balaban J connectivity index is 1.34. The number of benzene rings is 3. The third-order valence-corrected chi connectivity index (χ3v) is 6.33. The van der Waals surface area contributed by atoms with Crippen LogP contribution in [0.25, 0.3) is 0 Å². The Morgan fingerprint density at radius 1 is 0.912 bits per heavy atom. The molecule has 4 rings (SSSR count). The third-order valence-electron chi connectivity index (χ3n) is 6.33. The highest BCUT2D eigenvalue weighted by atomic mass is 16.5. The molecule has 176 valence electrons. The monoisotopic (exact) mass is 457 g/mol. The van der Waals surface area contributed by atoms with Gasteiger partial charge in [0, 0.05) is 43.1 Å². The molecule has 6 heteroatoms. The number of amides is 2. The lowest BCUT2D eigenvalue weighted by atomic mass is 10.1. The van der Waals surface area contributed by atoms with Gasteiger partial charge in [-0.05, 0) is 66.9 Å². The summed E-state index contributed by atoms with van der Waals surface area (Å²) in [6, 6.07) is 21.2. The number of piperazine rings is 1. The zero-order valence-corrected chi connectivity index (χ0v) is 20.0. The largest absolute Gasteiger partial charge is 0.496 e. The van der Waals surface area contributed by atoms with Crippen molar-refractivity contribution < 1.29 is 14.3 Å². The molecule has 1 aliphatic heterocycles. The zero-order valence-electron chi connectivity index (χ0n) is 20.0. The molecule has 6 nitrogen and oxygen atoms in total. The van der Waals surface area contributed by atoms with Gasteiger partial charge in [-0.1, -0.05) is 31.2 Å². The van der Waals surface area contributed by atoms with Crippen molar-refractivity contribution in [1.82, 2.24) is 4.90 Å². The third kappa shape index (κ3) is 5.06. The molecule has 0 bridgehead atoms. The van der Waals surface area contributed by atoms with Crippen LogP contribution >= 0.6 is 0 Å². The number of hydrogen-bond acceptors (Lipinski definition) is 4. The molecule has 1 fully saturated rings. The Bertz CT molecular complexity index is 1150. The van der Waals surface area contributed by atoms with E-state index >= 15 is 0 Å². The van der Waals surface area contributed by atoms with Crippen LogP contribution in [0.1, 0.15) is 38.8 Å². The molecular weight excluding hydrogens is 426 g/mol. The van der Waals surface area contributed by atoms with E-state index in [0.717, 1.165) is 42.0 Å². The average Bonchev–Trinajstić information content (AvgIpc) is 2.88. The van der Waals surface area contributed by atoms with Crippen LogP contribution in [0.5, 0.6) is 5.75 Å². The van der Waals surface area contributed by atoms with E-state index in [-0.39, 0.29) is 11.8 Å². The summed E-state index contributed by atoms with van der Waals surface area (Å²) in [5.74, 6) is 0.477. The van der Waals surface area contributed by atoms with Gasteiger partial charge in [-0.25, -0.2) is 0 Å². The predicted octanol–water partition coefficient (Wildman–Crippen LogP) is 4.78. The summed E-state index contributed by atoms with van der Waals surface area (Å²) in [4.78, 5) is 29.8. The van der Waals surface area contributed by atoms with E-state index in [0.29, 0.717) is 24.4 Å². The first-order valence-electron chi connectivity index (χ1n) is 11.7. The molecule has 3 aromatic rings. The Morgan fingerprint density at radius 3 is 2.21 bits per heavy atom. The second kappa shape index (κ2) is 10.4. The molecule has 0 spiro atoms. The molecule has 0 aromatic heterocycles. The van der Waals surface area contributed by atoms with E-state index in [1.54, 1.807) is 13.2 Å². The number of methoxy groups -OCH3 is 1. The highest BCUT2D eigenvalue weighted by Crippen LogP contribution is 2.25. The summed E-state index contributed by atoms with van der Waals surface area (Å²) in [6.07, 6.45) is 0.968. The molecule has 1 saturated heterocycles. The molecule has 2 amide bonds. The molecule has 34 heavy (non-hydrogen) atoms. The van der Waals surface area contributed by atoms with Gasteiger partial charge < -0.3 is 19.9 Å². The van der Waals surface area contributed by atoms with Crippen molar-refractivity contribution in [2.45, 2.75) is 20.3 Å². The molecule has 0 saturated carbocycles. The first-order valence-corrected chi connectivity index (χ1v) is 11.7. The van der Waals surface area contributed by atoms with Gasteiger partial charge in [0.1, 0.15) is 5.75 Å². The van der Waals surface area contributed by atoms with E-state index < -0.39 is 0 Å². The fourth-order valence-electron chi connectivity index (χ4n) is 4.29. The fourth-order valence-corrected chi connectivity index (χ4v) is 4.29. The summed E-state index contributed by atoms with van der Waals surface area (Å²) >= 11 is 0. The van der Waals surface area contributed by atoms with Crippen LogP contribution in [0.4, 0.5) is 11.4 Å². The van der Waals surface area contributed by atoms with E-state index in [1.807, 2.05) is 72.5 Å². The number of carbonyl (C=O) groups is 2. The maximum Gasteiger partial charge on any atom is 0.259 e. The van der Waals surface area contributed by atoms with Crippen molar-refractivity contribution in [2.24, 2.45) is 0 Å². The topological polar surface area (TPSA) is 61.9 Å². The highest BCUT2D eigenvalue weighted by Gasteiger charge is 2.22. The second-order valence-electron chi connectivity index (χ2n) is 8.49. The van der Waals surface area contributed by atoms with Crippen LogP contribution in [0.15, 0.2) is 66.7 Å². The number of nitrogens with one attached hydrogen (secondary N) is 1. The fraction of sp³-hybridized carbons (Fsp3) is 0.286. The minimum atomic E-state index is -0.201. The van der Waals surface area contributed by atoms with Crippen molar-refractivity contribution in [3.8, 4) is 5.75 Å². The molecule has 0 atom stereocenters. The number of nitrogens with zero attached hydrogens (tertiary/aromatic N) is 2. The van der Waals surface area contributed by atoms with Crippen molar-refractivity contribution in [3.63, 3.8) is 0 Å². The lowest BCUT2D eigenvalue weighted by Crippen LogP contribution is -2.48. The molecule has 0 unspecified atom stereocenters. The second-order valence-corrected chi connectivity index (χ2v) is 8.49. The Morgan fingerprint density at radius 2 is 1.59 bits per heavy atom. The molecule has 1 heterocycles. The van der Waals surface area contributed by atoms with Crippen LogP contribution < -0.4 is 15.0 Å². The molecule has 1 N–H and O–H groups in total. The van der Waals surface area contributed by atoms with Crippen LogP contribution in [0, 0.1) is 6.92 Å². The summed E-state index contributed by atoms with van der Waals surface area (Å²) in [5.41, 5.74) is 5.21. The SMILES string of the molecule is CCc1ccc(C(=O)N2CCN(c3ccc(NC(=O)c4cccc(C)c4OC)cc3)CC2)cc1. The van der Waals surface area contributed by atoms with Crippen molar-refractivity contribution >= 4 is 23.2 Å². The number of hydrogen-bond donors (Lipinski definition) is 1. The van der Waals surface area contributed by atoms with Crippen molar-refractivity contribution in [3.05, 3.63) is 89.0 Å². The number of ether oxygens (including phenoxy) is 1. The average molecular weight is 458 g/mol. The van der Waals surface area contributed by atoms with Gasteiger partial charge in [-0.15, -0.1) is 0 Å². The normalized spacial score (nSPS) is 13.5. The van der Waals surface area contributed by atoms with E-state index in [9.17, 15) is 9.59 Å². The van der Waals surface area contributed by atoms with Crippen LogP contribution in [0.2, 0.25) is 0 Å². The Hall–Kier alpha value is -3.80. The Labute approximate surface area is 201 Å². The quantitative estimate of drug-likeness (QED) is 0.579. The van der Waals surface area contributed by atoms with Gasteiger partial charge in [0.15, 0.2) is 0 Å². The van der Waals surface area contributed by atoms with Gasteiger partial charge in [-0.3, -0.25) is 9.59 Å². The minimum Gasteiger partial charge on any atom is -0.496 e. The molecular formula is C28H31N3O3. The zero-order chi connectivity index (χ0) is 24.1. The Kier molecular flexibility index (Phi) is 7.16. The number of rotatable bonds is 6.